The number of hydrogen-bond donors (Lipinski definition) is 0. The average molecular weight is 387 g/mol. The molecule has 3 aliphatic rings. The van der Waals surface area contributed by atoms with Crippen molar-refractivity contribution in [1.82, 2.24) is 5.01 Å². The van der Waals surface area contributed by atoms with E-state index in [-0.39, 0.29) is 7.92 Å². The Hall–Kier alpha value is -1.18. The minimum Gasteiger partial charge on any atom is -0.382 e. The van der Waals surface area contributed by atoms with Crippen LogP contribution >= 0.6 is 7.92 Å². The minimum atomic E-state index is -0.175. The standard InChI is InChI=1S/C23H35N2OP/c1-17(2)27(18(3)4)22-14-8-13-21(22)23(19-10-6-7-11-19)24-25-15-9-12-20(25)16-26-5/h6-8,10-11,13-14,17-21H,9,12,15-16H2,1-5H3/b24-23-/t20-,21?/m0/s1. The molecular weight excluding hydrogens is 351 g/mol. The van der Waals surface area contributed by atoms with Crippen molar-refractivity contribution >= 4 is 13.6 Å². The van der Waals surface area contributed by atoms with Crippen LogP contribution in [-0.4, -0.2) is 48.3 Å². The van der Waals surface area contributed by atoms with Crippen molar-refractivity contribution in [2.75, 3.05) is 20.3 Å². The van der Waals surface area contributed by atoms with E-state index in [1.165, 1.54) is 18.6 Å². The Balaban J connectivity index is 1.92. The predicted octanol–water partition coefficient (Wildman–Crippen LogP) is 5.56. The molecule has 0 N–H and O–H groups in total. The van der Waals surface area contributed by atoms with Crippen LogP contribution in [0.25, 0.3) is 0 Å². The zero-order valence-electron chi connectivity index (χ0n) is 17.5. The lowest BCUT2D eigenvalue weighted by Gasteiger charge is -2.33. The van der Waals surface area contributed by atoms with Crippen molar-refractivity contribution in [2.45, 2.75) is 57.9 Å². The van der Waals surface area contributed by atoms with Gasteiger partial charge in [-0.25, -0.2) is 0 Å². The van der Waals surface area contributed by atoms with Crippen LogP contribution in [0.3, 0.4) is 0 Å². The van der Waals surface area contributed by atoms with E-state index in [9.17, 15) is 0 Å². The summed E-state index contributed by atoms with van der Waals surface area (Å²) in [5.41, 5.74) is 2.67. The lowest BCUT2D eigenvalue weighted by Crippen LogP contribution is -2.32. The summed E-state index contributed by atoms with van der Waals surface area (Å²) in [7, 11) is 1.62. The molecule has 0 aromatic heterocycles. The number of ether oxygens (including phenoxy) is 1. The second-order valence-electron chi connectivity index (χ2n) is 8.28. The predicted molar refractivity (Wildman–Crippen MR) is 119 cm³/mol. The molecule has 2 aliphatic carbocycles. The third-order valence-corrected chi connectivity index (χ3v) is 8.91. The number of methoxy groups -OCH3 is 1. The molecule has 0 spiro atoms. The van der Waals surface area contributed by atoms with Crippen LogP contribution in [0.1, 0.15) is 40.5 Å². The summed E-state index contributed by atoms with van der Waals surface area (Å²) in [6.45, 7) is 11.3. The van der Waals surface area contributed by atoms with Gasteiger partial charge in [-0.15, -0.1) is 0 Å². The molecule has 0 amide bonds. The van der Waals surface area contributed by atoms with Crippen molar-refractivity contribution < 1.29 is 4.74 Å². The number of rotatable bonds is 8. The van der Waals surface area contributed by atoms with E-state index in [0.29, 0.717) is 29.2 Å². The van der Waals surface area contributed by atoms with Gasteiger partial charge in [-0.1, -0.05) is 78.1 Å². The van der Waals surface area contributed by atoms with Gasteiger partial charge in [-0.2, -0.15) is 5.10 Å². The summed E-state index contributed by atoms with van der Waals surface area (Å²) in [4.78, 5) is 0. The first-order valence-electron chi connectivity index (χ1n) is 10.4. The summed E-state index contributed by atoms with van der Waals surface area (Å²) >= 11 is 0. The van der Waals surface area contributed by atoms with Gasteiger partial charge in [0, 0.05) is 25.5 Å². The second kappa shape index (κ2) is 9.34. The molecule has 27 heavy (non-hydrogen) atoms. The van der Waals surface area contributed by atoms with E-state index in [1.807, 2.05) is 0 Å². The SMILES string of the molecule is COC[C@@H]1CCCN1/N=C(/C1C=CC=C1)C1C=CC=C1P(C(C)C)C(C)C. The topological polar surface area (TPSA) is 24.8 Å². The van der Waals surface area contributed by atoms with Crippen molar-refractivity contribution in [3.05, 3.63) is 47.8 Å². The van der Waals surface area contributed by atoms with Gasteiger partial charge < -0.3 is 4.74 Å². The fourth-order valence-corrected chi connectivity index (χ4v) is 7.77. The van der Waals surface area contributed by atoms with Gasteiger partial charge in [0.25, 0.3) is 0 Å². The normalized spacial score (nSPS) is 25.9. The minimum absolute atomic E-state index is 0.175. The van der Waals surface area contributed by atoms with Gasteiger partial charge in [0.05, 0.1) is 18.4 Å². The van der Waals surface area contributed by atoms with Crippen molar-refractivity contribution in [3.63, 3.8) is 0 Å². The molecule has 3 nitrogen and oxygen atoms in total. The van der Waals surface area contributed by atoms with Gasteiger partial charge in [-0.3, -0.25) is 5.01 Å². The first-order valence-corrected chi connectivity index (χ1v) is 11.9. The molecule has 0 bridgehead atoms. The Morgan fingerprint density at radius 2 is 1.85 bits per heavy atom. The Bertz CT molecular complexity index is 639. The molecule has 2 atom stereocenters. The Kier molecular flexibility index (Phi) is 7.11. The maximum absolute atomic E-state index is 5.45. The number of allylic oxidation sites excluding steroid dienone is 8. The number of hydrogen-bond acceptors (Lipinski definition) is 3. The molecule has 0 radical (unpaired) electrons. The highest BCUT2D eigenvalue weighted by Gasteiger charge is 2.34. The van der Waals surface area contributed by atoms with Crippen LogP contribution in [0.15, 0.2) is 52.9 Å². The van der Waals surface area contributed by atoms with Gasteiger partial charge in [0.2, 0.25) is 0 Å². The molecule has 148 valence electrons. The molecule has 4 heteroatoms. The maximum atomic E-state index is 5.45. The quantitative estimate of drug-likeness (QED) is 0.403. The third kappa shape index (κ3) is 4.63. The smallest absolute Gasteiger partial charge is 0.0704 e. The Morgan fingerprint density at radius 1 is 1.15 bits per heavy atom. The van der Waals surface area contributed by atoms with E-state index >= 15 is 0 Å². The molecule has 1 fully saturated rings. The summed E-state index contributed by atoms with van der Waals surface area (Å²) in [6, 6.07) is 0.411. The van der Waals surface area contributed by atoms with Gasteiger partial charge >= 0.3 is 0 Å². The first-order chi connectivity index (χ1) is 13.0. The Labute approximate surface area is 166 Å². The van der Waals surface area contributed by atoms with Crippen molar-refractivity contribution in [3.8, 4) is 0 Å². The lowest BCUT2D eigenvalue weighted by molar-refractivity contribution is 0.117. The van der Waals surface area contributed by atoms with E-state index in [4.69, 9.17) is 9.84 Å². The molecule has 0 aromatic carbocycles. The average Bonchev–Trinajstić information content (AvgIpc) is 3.35. The molecule has 1 aliphatic heterocycles. The second-order valence-corrected chi connectivity index (χ2v) is 11.7. The molecule has 1 unspecified atom stereocenters. The summed E-state index contributed by atoms with van der Waals surface area (Å²) < 4.78 is 5.45. The van der Waals surface area contributed by atoms with Crippen molar-refractivity contribution in [2.24, 2.45) is 16.9 Å². The third-order valence-electron chi connectivity index (χ3n) is 5.66. The number of nitrogens with zero attached hydrogens (tertiary/aromatic N) is 2. The highest BCUT2D eigenvalue weighted by Crippen LogP contribution is 2.58. The molecule has 0 saturated carbocycles. The molecule has 0 aromatic rings. The van der Waals surface area contributed by atoms with Crippen LogP contribution in [0.4, 0.5) is 0 Å². The molecule has 1 saturated heterocycles. The zero-order chi connectivity index (χ0) is 19.4. The van der Waals surface area contributed by atoms with E-state index < -0.39 is 0 Å². The summed E-state index contributed by atoms with van der Waals surface area (Å²) in [5.74, 6) is 0.642. The van der Waals surface area contributed by atoms with E-state index in [2.05, 4.69) is 75.2 Å². The summed E-state index contributed by atoms with van der Waals surface area (Å²) in [5, 5.41) is 9.18. The molecule has 3 rings (SSSR count). The Morgan fingerprint density at radius 3 is 2.48 bits per heavy atom. The lowest BCUT2D eigenvalue weighted by atomic mass is 9.93. The number of hydrazone groups is 1. The monoisotopic (exact) mass is 386 g/mol. The summed E-state index contributed by atoms with van der Waals surface area (Å²) in [6.07, 6.45) is 18.3. The van der Waals surface area contributed by atoms with Crippen LogP contribution in [0.2, 0.25) is 0 Å². The van der Waals surface area contributed by atoms with E-state index in [0.717, 1.165) is 13.2 Å². The van der Waals surface area contributed by atoms with Crippen LogP contribution in [-0.2, 0) is 4.74 Å². The van der Waals surface area contributed by atoms with Crippen LogP contribution in [0, 0.1) is 11.8 Å². The van der Waals surface area contributed by atoms with Gasteiger partial charge in [0.15, 0.2) is 0 Å². The van der Waals surface area contributed by atoms with Crippen LogP contribution < -0.4 is 0 Å². The largest absolute Gasteiger partial charge is 0.382 e. The van der Waals surface area contributed by atoms with Gasteiger partial charge in [-0.05, 0) is 29.5 Å². The van der Waals surface area contributed by atoms with Crippen molar-refractivity contribution in [1.29, 1.82) is 0 Å². The fourth-order valence-electron chi connectivity index (χ4n) is 4.58. The fraction of sp³-hybridized carbons (Fsp3) is 0.609. The molecular formula is C23H35N2OP. The maximum Gasteiger partial charge on any atom is 0.0704 e. The first kappa shape index (κ1) is 20.6. The van der Waals surface area contributed by atoms with Gasteiger partial charge in [0.1, 0.15) is 0 Å². The molecule has 1 heterocycles. The van der Waals surface area contributed by atoms with E-state index in [1.54, 1.807) is 12.4 Å². The highest BCUT2D eigenvalue weighted by atomic mass is 31.1. The highest BCUT2D eigenvalue weighted by molar-refractivity contribution is 7.63. The zero-order valence-corrected chi connectivity index (χ0v) is 18.4. The van der Waals surface area contributed by atoms with Crippen LogP contribution in [0.5, 0.6) is 0 Å².